The fraction of sp³-hybridized carbons (Fsp3) is 0.481. The van der Waals surface area contributed by atoms with Gasteiger partial charge in [0.05, 0.1) is 18.4 Å². The zero-order valence-corrected chi connectivity index (χ0v) is 21.2. The first kappa shape index (κ1) is 27.2. The van der Waals surface area contributed by atoms with E-state index in [0.717, 1.165) is 0 Å². The number of carbonyl (C=O) groups is 2. The maximum atomic E-state index is 12.9. The number of carboxylic acid groups (broad SMARTS) is 1. The van der Waals surface area contributed by atoms with E-state index in [-0.39, 0.29) is 23.8 Å². The summed E-state index contributed by atoms with van der Waals surface area (Å²) in [7, 11) is 0. The summed E-state index contributed by atoms with van der Waals surface area (Å²) in [6.45, 7) is 13.9. The van der Waals surface area contributed by atoms with Crippen LogP contribution in [0.1, 0.15) is 59.6 Å². The Bertz CT molecular complexity index is 962. The number of amides is 1. The van der Waals surface area contributed by atoms with Crippen LogP contribution in [0.15, 0.2) is 42.5 Å². The molecule has 0 spiro atoms. The molecule has 2 aromatic carbocycles. The van der Waals surface area contributed by atoms with Gasteiger partial charge < -0.3 is 24.6 Å². The van der Waals surface area contributed by atoms with Crippen molar-refractivity contribution in [1.29, 1.82) is 0 Å². The van der Waals surface area contributed by atoms with Crippen LogP contribution in [0.4, 0.5) is 5.69 Å². The van der Waals surface area contributed by atoms with Gasteiger partial charge in [-0.25, -0.2) is 4.79 Å². The van der Waals surface area contributed by atoms with Crippen molar-refractivity contribution >= 4 is 17.6 Å². The number of carbonyl (C=O) groups excluding carboxylic acids is 1. The topological polar surface area (TPSA) is 94.1 Å². The van der Waals surface area contributed by atoms with Gasteiger partial charge in [-0.2, -0.15) is 0 Å². The molecule has 2 atom stereocenters. The Kier molecular flexibility index (Phi) is 9.50. The molecule has 7 heteroatoms. The number of benzene rings is 2. The number of hydrogen-bond acceptors (Lipinski definition) is 5. The first-order valence-corrected chi connectivity index (χ1v) is 11.6. The summed E-state index contributed by atoms with van der Waals surface area (Å²) in [6.07, 6.45) is -1.80. The predicted molar refractivity (Wildman–Crippen MR) is 133 cm³/mol. The van der Waals surface area contributed by atoms with Gasteiger partial charge in [0.1, 0.15) is 11.5 Å². The molecule has 1 amide bonds. The smallest absolute Gasteiger partial charge is 0.333 e. The molecule has 0 saturated carbocycles. The van der Waals surface area contributed by atoms with E-state index in [1.54, 1.807) is 39.0 Å². The minimum atomic E-state index is -1.03. The SMILES string of the molecule is CCOc1ccc(CC(OC(C)C)C(=O)O)cc1NC(=O)C(C)Oc1ccc(C(C)(C)C)cc1. The molecule has 2 N–H and O–H groups in total. The minimum Gasteiger partial charge on any atom is -0.492 e. The highest BCUT2D eigenvalue weighted by Crippen LogP contribution is 2.28. The molecule has 0 fully saturated rings. The van der Waals surface area contributed by atoms with Gasteiger partial charge in [0.25, 0.3) is 5.91 Å². The van der Waals surface area contributed by atoms with Gasteiger partial charge in [-0.1, -0.05) is 39.0 Å². The highest BCUT2D eigenvalue weighted by Gasteiger charge is 2.22. The fourth-order valence-corrected chi connectivity index (χ4v) is 3.34. The Labute approximate surface area is 202 Å². The number of ether oxygens (including phenoxy) is 3. The Morgan fingerprint density at radius 1 is 1.03 bits per heavy atom. The second kappa shape index (κ2) is 11.9. The predicted octanol–water partition coefficient (Wildman–Crippen LogP) is 5.21. The van der Waals surface area contributed by atoms with Crippen LogP contribution >= 0.6 is 0 Å². The first-order valence-electron chi connectivity index (χ1n) is 11.6. The van der Waals surface area contributed by atoms with Gasteiger partial charge in [-0.05, 0) is 68.5 Å². The Morgan fingerprint density at radius 2 is 1.68 bits per heavy atom. The van der Waals surface area contributed by atoms with Crippen LogP contribution in [0.5, 0.6) is 11.5 Å². The lowest BCUT2D eigenvalue weighted by Gasteiger charge is -2.21. The summed E-state index contributed by atoms with van der Waals surface area (Å²) in [5.41, 5.74) is 2.37. The van der Waals surface area contributed by atoms with Crippen molar-refractivity contribution in [2.24, 2.45) is 0 Å². The van der Waals surface area contributed by atoms with Gasteiger partial charge in [0, 0.05) is 6.42 Å². The third-order valence-electron chi connectivity index (χ3n) is 5.14. The number of nitrogens with one attached hydrogen (secondary N) is 1. The number of rotatable bonds is 11. The Morgan fingerprint density at radius 3 is 2.21 bits per heavy atom. The summed E-state index contributed by atoms with van der Waals surface area (Å²) < 4.78 is 17.0. The number of hydrogen-bond donors (Lipinski definition) is 2. The highest BCUT2D eigenvalue weighted by molar-refractivity contribution is 5.95. The molecule has 34 heavy (non-hydrogen) atoms. The van der Waals surface area contributed by atoms with Crippen molar-refractivity contribution in [2.45, 2.75) is 78.6 Å². The molecule has 0 heterocycles. The second-order valence-corrected chi connectivity index (χ2v) is 9.50. The van der Waals surface area contributed by atoms with Gasteiger partial charge in [-0.3, -0.25) is 4.79 Å². The average Bonchev–Trinajstić information content (AvgIpc) is 2.74. The molecule has 186 valence electrons. The van der Waals surface area contributed by atoms with Gasteiger partial charge in [0.2, 0.25) is 0 Å². The monoisotopic (exact) mass is 471 g/mol. The lowest BCUT2D eigenvalue weighted by atomic mass is 9.87. The summed E-state index contributed by atoms with van der Waals surface area (Å²) in [5.74, 6) is -0.276. The van der Waals surface area contributed by atoms with E-state index in [0.29, 0.717) is 29.4 Å². The molecule has 2 unspecified atom stereocenters. The first-order chi connectivity index (χ1) is 15.9. The molecule has 0 saturated heterocycles. The van der Waals surface area contributed by atoms with Crippen molar-refractivity contribution < 1.29 is 28.9 Å². The van der Waals surface area contributed by atoms with Crippen LogP contribution < -0.4 is 14.8 Å². The van der Waals surface area contributed by atoms with Crippen molar-refractivity contribution in [3.8, 4) is 11.5 Å². The van der Waals surface area contributed by atoms with Crippen molar-refractivity contribution in [1.82, 2.24) is 0 Å². The zero-order chi connectivity index (χ0) is 25.5. The van der Waals surface area contributed by atoms with Crippen LogP contribution in [0.2, 0.25) is 0 Å². The molecule has 7 nitrogen and oxygen atoms in total. The molecule has 0 aliphatic heterocycles. The van der Waals surface area contributed by atoms with Crippen LogP contribution in [0, 0.1) is 0 Å². The van der Waals surface area contributed by atoms with Crippen molar-refractivity contribution in [3.05, 3.63) is 53.6 Å². The molecule has 0 aromatic heterocycles. The van der Waals surface area contributed by atoms with Crippen molar-refractivity contribution in [2.75, 3.05) is 11.9 Å². The maximum Gasteiger partial charge on any atom is 0.333 e. The fourth-order valence-electron chi connectivity index (χ4n) is 3.34. The molecule has 0 radical (unpaired) electrons. The van der Waals surface area contributed by atoms with Gasteiger partial charge in [-0.15, -0.1) is 0 Å². The lowest BCUT2D eigenvalue weighted by Crippen LogP contribution is -2.31. The average molecular weight is 472 g/mol. The Balaban J connectivity index is 2.15. The Hall–Kier alpha value is -3.06. The summed E-state index contributed by atoms with van der Waals surface area (Å²) in [4.78, 5) is 24.5. The normalized spacial score (nSPS) is 13.3. The highest BCUT2D eigenvalue weighted by atomic mass is 16.5. The van der Waals surface area contributed by atoms with Gasteiger partial charge in [0.15, 0.2) is 12.2 Å². The van der Waals surface area contributed by atoms with Crippen LogP contribution in [-0.4, -0.2) is 41.9 Å². The summed E-state index contributed by atoms with van der Waals surface area (Å²) in [5, 5.41) is 12.3. The standard InChI is InChI=1S/C27H37NO6/c1-8-32-23-14-9-19(16-24(26(30)31)33-17(2)3)15-22(23)28-25(29)18(4)34-21-12-10-20(11-13-21)27(5,6)7/h9-15,17-18,24H,8,16H2,1-7H3,(H,28,29)(H,30,31). The maximum absolute atomic E-state index is 12.9. The van der Waals surface area contributed by atoms with Crippen LogP contribution in [-0.2, 0) is 26.2 Å². The van der Waals surface area contributed by atoms with Crippen molar-refractivity contribution in [3.63, 3.8) is 0 Å². The van der Waals surface area contributed by atoms with Gasteiger partial charge >= 0.3 is 5.97 Å². The summed E-state index contributed by atoms with van der Waals surface area (Å²) in [6, 6.07) is 12.9. The molecule has 2 aromatic rings. The van der Waals surface area contributed by atoms with E-state index in [1.807, 2.05) is 31.2 Å². The minimum absolute atomic E-state index is 0.0298. The quantitative estimate of drug-likeness (QED) is 0.467. The summed E-state index contributed by atoms with van der Waals surface area (Å²) >= 11 is 0. The third kappa shape index (κ3) is 8.06. The van der Waals surface area contributed by atoms with Crippen LogP contribution in [0.25, 0.3) is 0 Å². The molecular weight excluding hydrogens is 434 g/mol. The van der Waals surface area contributed by atoms with E-state index < -0.39 is 18.2 Å². The molecule has 0 aliphatic carbocycles. The number of aliphatic carboxylic acids is 1. The lowest BCUT2D eigenvalue weighted by molar-refractivity contribution is -0.153. The molecular formula is C27H37NO6. The molecule has 0 aliphatic rings. The van der Waals surface area contributed by atoms with E-state index in [9.17, 15) is 14.7 Å². The van der Waals surface area contributed by atoms with E-state index in [4.69, 9.17) is 14.2 Å². The largest absolute Gasteiger partial charge is 0.492 e. The molecule has 2 rings (SSSR count). The number of carboxylic acids is 1. The third-order valence-corrected chi connectivity index (χ3v) is 5.14. The van der Waals surface area contributed by atoms with E-state index in [2.05, 4.69) is 26.1 Å². The second-order valence-electron chi connectivity index (χ2n) is 9.50. The van der Waals surface area contributed by atoms with Crippen LogP contribution in [0.3, 0.4) is 0 Å². The van der Waals surface area contributed by atoms with E-state index in [1.165, 1.54) is 5.56 Å². The number of anilines is 1. The molecule has 0 bridgehead atoms. The van der Waals surface area contributed by atoms with E-state index >= 15 is 0 Å². The zero-order valence-electron chi connectivity index (χ0n) is 21.2.